The monoisotopic (exact) mass is 430 g/mol. The van der Waals surface area contributed by atoms with Gasteiger partial charge in [-0.3, -0.25) is 4.31 Å². The van der Waals surface area contributed by atoms with Crippen LogP contribution in [0.15, 0.2) is 67.3 Å². The summed E-state index contributed by atoms with van der Waals surface area (Å²) < 4.78 is 32.4. The van der Waals surface area contributed by atoms with Gasteiger partial charge in [-0.1, -0.05) is 49.2 Å². The minimum Gasteiger partial charge on any atom is -0.494 e. The third kappa shape index (κ3) is 8.20. The number of anilines is 1. The van der Waals surface area contributed by atoms with Gasteiger partial charge in [0.05, 0.1) is 18.0 Å². The summed E-state index contributed by atoms with van der Waals surface area (Å²) in [6.45, 7) is 6.45. The Kier molecular flexibility index (Phi) is 9.91. The van der Waals surface area contributed by atoms with Crippen molar-refractivity contribution in [2.75, 3.05) is 38.1 Å². The molecule has 0 radical (unpaired) electrons. The van der Waals surface area contributed by atoms with E-state index in [1.54, 1.807) is 19.2 Å². The van der Waals surface area contributed by atoms with Crippen molar-refractivity contribution in [3.8, 4) is 5.75 Å². The van der Waals surface area contributed by atoms with E-state index in [9.17, 15) is 8.42 Å². The van der Waals surface area contributed by atoms with Crippen molar-refractivity contribution >= 4 is 15.7 Å². The van der Waals surface area contributed by atoms with E-state index < -0.39 is 10.0 Å². The summed E-state index contributed by atoms with van der Waals surface area (Å²) in [5, 5.41) is 0. The Labute approximate surface area is 182 Å². The zero-order chi connectivity index (χ0) is 21.8. The Morgan fingerprint density at radius 1 is 0.933 bits per heavy atom. The molecule has 0 saturated heterocycles. The number of rotatable bonds is 14. The highest BCUT2D eigenvalue weighted by Gasteiger charge is 2.19. The van der Waals surface area contributed by atoms with Crippen LogP contribution < -0.4 is 9.04 Å². The number of sulfonamides is 1. The van der Waals surface area contributed by atoms with Crippen LogP contribution in [0.1, 0.15) is 31.2 Å². The molecule has 0 unspecified atom stereocenters. The largest absolute Gasteiger partial charge is 0.494 e. The SMILES string of the molecule is C=CCN(C)CCCCCCOc1ccc(N(C)S(=O)(=O)Cc2ccccc2)cc1. The average molecular weight is 431 g/mol. The van der Waals surface area contributed by atoms with Crippen LogP contribution in [0.3, 0.4) is 0 Å². The molecule has 2 aromatic carbocycles. The minimum atomic E-state index is -3.44. The average Bonchev–Trinajstić information content (AvgIpc) is 2.73. The van der Waals surface area contributed by atoms with Crippen molar-refractivity contribution in [3.05, 3.63) is 72.8 Å². The van der Waals surface area contributed by atoms with E-state index >= 15 is 0 Å². The number of benzene rings is 2. The van der Waals surface area contributed by atoms with E-state index in [0.29, 0.717) is 12.3 Å². The van der Waals surface area contributed by atoms with Gasteiger partial charge in [-0.2, -0.15) is 0 Å². The third-order valence-electron chi connectivity index (χ3n) is 4.95. The predicted molar refractivity (Wildman–Crippen MR) is 126 cm³/mol. The van der Waals surface area contributed by atoms with Crippen LogP contribution in [0.5, 0.6) is 5.75 Å². The maximum absolute atomic E-state index is 12.6. The van der Waals surface area contributed by atoms with Gasteiger partial charge < -0.3 is 9.64 Å². The molecule has 2 rings (SSSR count). The van der Waals surface area contributed by atoms with Crippen molar-refractivity contribution in [1.29, 1.82) is 0 Å². The van der Waals surface area contributed by atoms with Gasteiger partial charge >= 0.3 is 0 Å². The Balaban J connectivity index is 1.73. The zero-order valence-corrected chi connectivity index (χ0v) is 19.0. The fraction of sp³-hybridized carbons (Fsp3) is 0.417. The molecule has 0 N–H and O–H groups in total. The second-order valence-electron chi connectivity index (χ2n) is 7.52. The van der Waals surface area contributed by atoms with Crippen molar-refractivity contribution in [3.63, 3.8) is 0 Å². The van der Waals surface area contributed by atoms with E-state index in [-0.39, 0.29) is 5.75 Å². The molecule has 0 spiro atoms. The van der Waals surface area contributed by atoms with E-state index in [0.717, 1.165) is 37.2 Å². The molecule has 0 bridgehead atoms. The van der Waals surface area contributed by atoms with Crippen LogP contribution in [0.2, 0.25) is 0 Å². The Hall–Kier alpha value is -2.31. The summed E-state index contributed by atoms with van der Waals surface area (Å²) in [6, 6.07) is 16.4. The van der Waals surface area contributed by atoms with Gasteiger partial charge in [0.2, 0.25) is 10.0 Å². The second-order valence-corrected chi connectivity index (χ2v) is 9.52. The lowest BCUT2D eigenvalue weighted by atomic mass is 10.2. The molecule has 30 heavy (non-hydrogen) atoms. The maximum atomic E-state index is 12.6. The lowest BCUT2D eigenvalue weighted by molar-refractivity contribution is 0.300. The molecular formula is C24H34N2O3S. The van der Waals surface area contributed by atoms with E-state index in [2.05, 4.69) is 18.5 Å². The van der Waals surface area contributed by atoms with Crippen LogP contribution in [0.4, 0.5) is 5.69 Å². The van der Waals surface area contributed by atoms with Crippen molar-refractivity contribution in [2.24, 2.45) is 0 Å². The van der Waals surface area contributed by atoms with Crippen molar-refractivity contribution in [2.45, 2.75) is 31.4 Å². The summed E-state index contributed by atoms with van der Waals surface area (Å²) in [5.74, 6) is 0.740. The molecule has 0 saturated carbocycles. The number of nitrogens with zero attached hydrogens (tertiary/aromatic N) is 2. The van der Waals surface area contributed by atoms with E-state index in [4.69, 9.17) is 4.74 Å². The molecular weight excluding hydrogens is 396 g/mol. The number of ether oxygens (including phenoxy) is 1. The number of hydrogen-bond donors (Lipinski definition) is 0. The van der Waals surface area contributed by atoms with Crippen LogP contribution in [-0.2, 0) is 15.8 Å². The first kappa shape index (κ1) is 24.0. The first-order chi connectivity index (χ1) is 14.4. The number of likely N-dealkylation sites (N-methyl/N-ethyl adjacent to an activating group) is 1. The van der Waals surface area contributed by atoms with E-state index in [1.165, 1.54) is 17.1 Å². The Bertz CT molecular complexity index is 852. The first-order valence-electron chi connectivity index (χ1n) is 10.4. The summed E-state index contributed by atoms with van der Waals surface area (Å²) in [5.41, 5.74) is 1.40. The van der Waals surface area contributed by atoms with E-state index in [1.807, 2.05) is 48.5 Å². The molecule has 164 valence electrons. The lowest BCUT2D eigenvalue weighted by Crippen LogP contribution is -2.27. The fourth-order valence-electron chi connectivity index (χ4n) is 3.13. The van der Waals surface area contributed by atoms with Crippen molar-refractivity contribution < 1.29 is 13.2 Å². The quantitative estimate of drug-likeness (QED) is 0.322. The maximum Gasteiger partial charge on any atom is 0.239 e. The van der Waals surface area contributed by atoms with Crippen molar-refractivity contribution in [1.82, 2.24) is 4.90 Å². The highest BCUT2D eigenvalue weighted by Crippen LogP contribution is 2.22. The summed E-state index contributed by atoms with van der Waals surface area (Å²) in [7, 11) is 0.258. The number of unbranched alkanes of at least 4 members (excludes halogenated alkanes) is 3. The fourth-order valence-corrected chi connectivity index (χ4v) is 4.38. The van der Waals surface area contributed by atoms with Gasteiger partial charge in [0.25, 0.3) is 0 Å². The highest BCUT2D eigenvalue weighted by atomic mass is 32.2. The molecule has 0 aliphatic carbocycles. The molecule has 5 nitrogen and oxygen atoms in total. The van der Waals surface area contributed by atoms with Gasteiger partial charge in [-0.25, -0.2) is 8.42 Å². The lowest BCUT2D eigenvalue weighted by Gasteiger charge is -2.20. The smallest absolute Gasteiger partial charge is 0.239 e. The molecule has 0 atom stereocenters. The standard InChI is InChI=1S/C24H34N2O3S/c1-4-18-25(2)19-10-5-6-11-20-29-24-16-14-23(15-17-24)26(3)30(27,28)21-22-12-8-7-9-13-22/h4,7-9,12-17H,1,5-6,10-11,18-21H2,2-3H3. The zero-order valence-electron chi connectivity index (χ0n) is 18.2. The summed E-state index contributed by atoms with van der Waals surface area (Å²) in [4.78, 5) is 2.27. The van der Waals surface area contributed by atoms with Crippen LogP contribution >= 0.6 is 0 Å². The van der Waals surface area contributed by atoms with Gasteiger partial charge in [-0.15, -0.1) is 6.58 Å². The van der Waals surface area contributed by atoms with Gasteiger partial charge in [0, 0.05) is 13.6 Å². The number of hydrogen-bond acceptors (Lipinski definition) is 4. The first-order valence-corrected chi connectivity index (χ1v) is 12.1. The molecule has 0 aromatic heterocycles. The molecule has 0 aliphatic heterocycles. The van der Waals surface area contributed by atoms with Gasteiger partial charge in [0.1, 0.15) is 5.75 Å². The predicted octanol–water partition coefficient (Wildman–Crippen LogP) is 4.71. The molecule has 0 aliphatic rings. The van der Waals surface area contributed by atoms with Crippen LogP contribution in [-0.4, -0.2) is 47.1 Å². The second kappa shape index (κ2) is 12.4. The highest BCUT2D eigenvalue weighted by molar-refractivity contribution is 7.92. The van der Waals surface area contributed by atoms with Gasteiger partial charge in [-0.05, 0) is 56.3 Å². The molecule has 0 heterocycles. The molecule has 0 amide bonds. The Morgan fingerprint density at radius 2 is 1.60 bits per heavy atom. The normalized spacial score (nSPS) is 11.4. The minimum absolute atomic E-state index is 0.0219. The Morgan fingerprint density at radius 3 is 2.27 bits per heavy atom. The topological polar surface area (TPSA) is 49.9 Å². The molecule has 2 aromatic rings. The third-order valence-corrected chi connectivity index (χ3v) is 6.70. The van der Waals surface area contributed by atoms with Crippen LogP contribution in [0, 0.1) is 0 Å². The molecule has 6 heteroatoms. The van der Waals surface area contributed by atoms with Gasteiger partial charge in [0.15, 0.2) is 0 Å². The molecule has 0 fully saturated rings. The summed E-state index contributed by atoms with van der Waals surface area (Å²) >= 11 is 0. The van der Waals surface area contributed by atoms with Crippen LogP contribution in [0.25, 0.3) is 0 Å². The summed E-state index contributed by atoms with van der Waals surface area (Å²) in [6.07, 6.45) is 6.45.